The standard InChI is InChI=1S/C21H29N3O2/c25-20-14-17(15-24(20)18-8-2-3-9-18)21(26)22-11-13-23-12-5-7-16-6-1-4-10-19(16)23/h1,4,6,10,17-18H,2-3,5,7-9,11-15H2,(H,22,26)/t17-/m1/s1. The summed E-state index contributed by atoms with van der Waals surface area (Å²) >= 11 is 0. The van der Waals surface area contributed by atoms with Gasteiger partial charge < -0.3 is 15.1 Å². The molecule has 1 N–H and O–H groups in total. The largest absolute Gasteiger partial charge is 0.370 e. The van der Waals surface area contributed by atoms with Gasteiger partial charge in [0.05, 0.1) is 5.92 Å². The number of aryl methyl sites for hydroxylation is 1. The van der Waals surface area contributed by atoms with Crippen molar-refractivity contribution in [2.75, 3.05) is 31.1 Å². The second-order valence-electron chi connectivity index (χ2n) is 7.90. The molecule has 2 fully saturated rings. The molecule has 0 unspecified atom stereocenters. The van der Waals surface area contributed by atoms with E-state index in [4.69, 9.17) is 0 Å². The Morgan fingerprint density at radius 1 is 1.15 bits per heavy atom. The third-order valence-corrected chi connectivity index (χ3v) is 6.18. The summed E-state index contributed by atoms with van der Waals surface area (Å²) in [5.74, 6) is 0.0443. The van der Waals surface area contributed by atoms with Crippen LogP contribution in [0.15, 0.2) is 24.3 Å². The van der Waals surface area contributed by atoms with Gasteiger partial charge in [0.1, 0.15) is 0 Å². The molecule has 1 saturated heterocycles. The molecule has 0 spiro atoms. The zero-order valence-corrected chi connectivity index (χ0v) is 15.5. The first-order chi connectivity index (χ1) is 12.7. The number of amides is 2. The van der Waals surface area contributed by atoms with Gasteiger partial charge in [-0.1, -0.05) is 31.0 Å². The van der Waals surface area contributed by atoms with E-state index in [9.17, 15) is 9.59 Å². The van der Waals surface area contributed by atoms with Crippen molar-refractivity contribution in [1.29, 1.82) is 0 Å². The van der Waals surface area contributed by atoms with Crippen molar-refractivity contribution >= 4 is 17.5 Å². The number of rotatable bonds is 5. The van der Waals surface area contributed by atoms with E-state index in [0.717, 1.165) is 32.4 Å². The molecule has 140 valence electrons. The van der Waals surface area contributed by atoms with E-state index in [0.29, 0.717) is 25.6 Å². The number of hydrogen-bond acceptors (Lipinski definition) is 3. The highest BCUT2D eigenvalue weighted by Gasteiger charge is 2.38. The number of hydrogen-bond donors (Lipinski definition) is 1. The van der Waals surface area contributed by atoms with Gasteiger partial charge in [-0.15, -0.1) is 0 Å². The molecule has 26 heavy (non-hydrogen) atoms. The number of nitrogens with one attached hydrogen (secondary N) is 1. The Kier molecular flexibility index (Phi) is 5.14. The molecule has 1 atom stereocenters. The molecule has 3 aliphatic rings. The monoisotopic (exact) mass is 355 g/mol. The lowest BCUT2D eigenvalue weighted by molar-refractivity contribution is -0.130. The topological polar surface area (TPSA) is 52.7 Å². The van der Waals surface area contributed by atoms with E-state index in [2.05, 4.69) is 34.5 Å². The highest BCUT2D eigenvalue weighted by atomic mass is 16.2. The molecule has 2 aliphatic heterocycles. The van der Waals surface area contributed by atoms with Gasteiger partial charge in [-0.2, -0.15) is 0 Å². The van der Waals surface area contributed by atoms with Crippen molar-refractivity contribution in [3.8, 4) is 0 Å². The maximum atomic E-state index is 12.5. The van der Waals surface area contributed by atoms with Crippen LogP contribution >= 0.6 is 0 Å². The van der Waals surface area contributed by atoms with Crippen LogP contribution in [0, 0.1) is 5.92 Å². The van der Waals surface area contributed by atoms with E-state index in [1.54, 1.807) is 0 Å². The van der Waals surface area contributed by atoms with Gasteiger partial charge in [0.25, 0.3) is 0 Å². The van der Waals surface area contributed by atoms with Crippen LogP contribution in [0.1, 0.15) is 44.1 Å². The summed E-state index contributed by atoms with van der Waals surface area (Å²) in [5, 5.41) is 3.07. The Bertz CT molecular complexity index is 669. The number of likely N-dealkylation sites (tertiary alicyclic amines) is 1. The lowest BCUT2D eigenvalue weighted by Crippen LogP contribution is -2.40. The van der Waals surface area contributed by atoms with Crippen molar-refractivity contribution in [2.45, 2.75) is 51.0 Å². The molecule has 1 aromatic rings. The Balaban J connectivity index is 1.27. The van der Waals surface area contributed by atoms with Crippen LogP contribution in [0.2, 0.25) is 0 Å². The summed E-state index contributed by atoms with van der Waals surface area (Å²) < 4.78 is 0. The quantitative estimate of drug-likeness (QED) is 0.882. The Morgan fingerprint density at radius 2 is 1.96 bits per heavy atom. The van der Waals surface area contributed by atoms with E-state index >= 15 is 0 Å². The van der Waals surface area contributed by atoms with E-state index in [1.165, 1.54) is 30.5 Å². The number of anilines is 1. The zero-order chi connectivity index (χ0) is 17.9. The number of para-hydroxylation sites is 1. The number of fused-ring (bicyclic) bond motifs is 1. The second-order valence-corrected chi connectivity index (χ2v) is 7.90. The van der Waals surface area contributed by atoms with Gasteiger partial charge in [0.2, 0.25) is 11.8 Å². The summed E-state index contributed by atoms with van der Waals surface area (Å²) in [5.41, 5.74) is 2.70. The summed E-state index contributed by atoms with van der Waals surface area (Å²) in [6, 6.07) is 8.92. The number of benzene rings is 1. The average Bonchev–Trinajstić information content (AvgIpc) is 3.31. The SMILES string of the molecule is O=C(NCCN1CCCc2ccccc21)[C@@H]1CC(=O)N(C2CCCC2)C1. The molecule has 1 aliphatic carbocycles. The molecular weight excluding hydrogens is 326 g/mol. The number of nitrogens with zero attached hydrogens (tertiary/aromatic N) is 2. The number of carbonyl (C=O) groups is 2. The van der Waals surface area contributed by atoms with Gasteiger partial charge in [-0.05, 0) is 37.3 Å². The fourth-order valence-electron chi connectivity index (χ4n) is 4.78. The van der Waals surface area contributed by atoms with E-state index in [-0.39, 0.29) is 17.7 Å². The molecule has 1 saturated carbocycles. The van der Waals surface area contributed by atoms with Gasteiger partial charge in [0.15, 0.2) is 0 Å². The highest BCUT2D eigenvalue weighted by molar-refractivity contribution is 5.89. The minimum atomic E-state index is -0.170. The lowest BCUT2D eigenvalue weighted by atomic mass is 10.0. The molecule has 1 aromatic carbocycles. The van der Waals surface area contributed by atoms with Crippen molar-refractivity contribution in [3.05, 3.63) is 29.8 Å². The molecule has 2 amide bonds. The number of carbonyl (C=O) groups excluding carboxylic acids is 2. The molecule has 4 rings (SSSR count). The predicted molar refractivity (Wildman–Crippen MR) is 102 cm³/mol. The minimum Gasteiger partial charge on any atom is -0.370 e. The normalized spacial score (nSPS) is 23.4. The van der Waals surface area contributed by atoms with Crippen LogP contribution in [-0.2, 0) is 16.0 Å². The van der Waals surface area contributed by atoms with Crippen molar-refractivity contribution in [2.24, 2.45) is 5.92 Å². The molecular formula is C21H29N3O2. The Labute approximate surface area is 155 Å². The molecule has 0 radical (unpaired) electrons. The fourth-order valence-corrected chi connectivity index (χ4v) is 4.78. The lowest BCUT2D eigenvalue weighted by Gasteiger charge is -2.31. The summed E-state index contributed by atoms with van der Waals surface area (Å²) in [6.45, 7) is 3.13. The first-order valence-corrected chi connectivity index (χ1v) is 10.1. The Hall–Kier alpha value is -2.04. The van der Waals surface area contributed by atoms with Gasteiger partial charge in [0, 0.05) is 44.3 Å². The molecule has 0 bridgehead atoms. The maximum absolute atomic E-state index is 12.5. The summed E-state index contributed by atoms with van der Waals surface area (Å²) in [4.78, 5) is 29.1. The van der Waals surface area contributed by atoms with Crippen LogP contribution in [0.3, 0.4) is 0 Å². The van der Waals surface area contributed by atoms with Gasteiger partial charge >= 0.3 is 0 Å². The highest BCUT2D eigenvalue weighted by Crippen LogP contribution is 2.29. The first-order valence-electron chi connectivity index (χ1n) is 10.1. The smallest absolute Gasteiger partial charge is 0.225 e. The van der Waals surface area contributed by atoms with Crippen molar-refractivity contribution in [3.63, 3.8) is 0 Å². The van der Waals surface area contributed by atoms with Gasteiger partial charge in [-0.3, -0.25) is 9.59 Å². The Morgan fingerprint density at radius 3 is 2.81 bits per heavy atom. The first kappa shape index (κ1) is 17.4. The maximum Gasteiger partial charge on any atom is 0.225 e. The van der Waals surface area contributed by atoms with Crippen molar-refractivity contribution < 1.29 is 9.59 Å². The summed E-state index contributed by atoms with van der Waals surface area (Å²) in [7, 11) is 0. The third kappa shape index (κ3) is 3.57. The molecule has 0 aromatic heterocycles. The van der Waals surface area contributed by atoms with Crippen molar-refractivity contribution in [1.82, 2.24) is 10.2 Å². The van der Waals surface area contributed by atoms with Crippen LogP contribution in [-0.4, -0.2) is 48.9 Å². The molecule has 2 heterocycles. The average molecular weight is 355 g/mol. The van der Waals surface area contributed by atoms with Crippen LogP contribution in [0.25, 0.3) is 0 Å². The zero-order valence-electron chi connectivity index (χ0n) is 15.5. The summed E-state index contributed by atoms with van der Waals surface area (Å²) in [6.07, 6.45) is 7.32. The van der Waals surface area contributed by atoms with Crippen LogP contribution < -0.4 is 10.2 Å². The minimum absolute atomic E-state index is 0.0455. The van der Waals surface area contributed by atoms with E-state index < -0.39 is 0 Å². The van der Waals surface area contributed by atoms with Gasteiger partial charge in [-0.25, -0.2) is 0 Å². The van der Waals surface area contributed by atoms with Crippen LogP contribution in [0.5, 0.6) is 0 Å². The van der Waals surface area contributed by atoms with Crippen LogP contribution in [0.4, 0.5) is 5.69 Å². The predicted octanol–water partition coefficient (Wildman–Crippen LogP) is 2.35. The molecule has 5 nitrogen and oxygen atoms in total. The fraction of sp³-hybridized carbons (Fsp3) is 0.619. The van der Waals surface area contributed by atoms with E-state index in [1.807, 2.05) is 4.90 Å². The third-order valence-electron chi connectivity index (χ3n) is 6.18. The molecule has 5 heteroatoms. The second kappa shape index (κ2) is 7.68.